The molecule has 1 amide bonds. The molecular formula is C23H21N3O2. The number of carbonyl (C=O) groups excluding carboxylic acids is 1. The van der Waals surface area contributed by atoms with Crippen molar-refractivity contribution in [2.24, 2.45) is 11.0 Å². The minimum atomic E-state index is -0.241. The van der Waals surface area contributed by atoms with E-state index in [1.165, 1.54) is 0 Å². The summed E-state index contributed by atoms with van der Waals surface area (Å²) >= 11 is 0. The summed E-state index contributed by atoms with van der Waals surface area (Å²) in [7, 11) is 4.04. The lowest BCUT2D eigenvalue weighted by Gasteiger charge is -2.37. The Hall–Kier alpha value is -3.34. The minimum Gasteiger partial charge on any atom is -0.484 e. The first-order valence-electron chi connectivity index (χ1n) is 9.44. The molecule has 2 atom stereocenters. The number of carbonyl (C=O) groups is 1. The van der Waals surface area contributed by atoms with Gasteiger partial charge in [-0.3, -0.25) is 4.79 Å². The average molecular weight is 371 g/mol. The summed E-state index contributed by atoms with van der Waals surface area (Å²) in [6.45, 7) is 0. The van der Waals surface area contributed by atoms with Crippen molar-refractivity contribution in [3.05, 3.63) is 71.8 Å². The fourth-order valence-corrected chi connectivity index (χ4v) is 4.13. The number of hydrazone groups is 1. The maximum Gasteiger partial charge on any atom is 0.240 e. The molecule has 2 aliphatic heterocycles. The molecule has 2 heterocycles. The smallest absolute Gasteiger partial charge is 0.240 e. The molecule has 0 aromatic heterocycles. The third kappa shape index (κ3) is 2.62. The molecule has 2 aliphatic rings. The second kappa shape index (κ2) is 6.37. The molecule has 3 aromatic carbocycles. The second-order valence-electron chi connectivity index (χ2n) is 7.53. The first-order chi connectivity index (χ1) is 13.6. The van der Waals surface area contributed by atoms with Gasteiger partial charge in [0.25, 0.3) is 0 Å². The quantitative estimate of drug-likeness (QED) is 0.744. The number of amides is 1. The fraction of sp³-hybridized carbons (Fsp3) is 0.217. The Morgan fingerprint density at radius 2 is 1.82 bits per heavy atom. The van der Waals surface area contributed by atoms with Crippen molar-refractivity contribution in [1.29, 1.82) is 0 Å². The Bertz CT molecular complexity index is 1100. The molecule has 0 saturated carbocycles. The molecule has 140 valence electrons. The van der Waals surface area contributed by atoms with Crippen LogP contribution >= 0.6 is 0 Å². The normalized spacial score (nSPS) is 20.5. The first kappa shape index (κ1) is 16.8. The lowest BCUT2D eigenvalue weighted by atomic mass is 9.80. The van der Waals surface area contributed by atoms with Crippen molar-refractivity contribution in [3.8, 4) is 5.75 Å². The van der Waals surface area contributed by atoms with E-state index in [-0.39, 0.29) is 17.9 Å². The predicted octanol–water partition coefficient (Wildman–Crippen LogP) is 3.88. The standard InChI is InChI=1S/C23H21N3O2/c1-26(2)16-10-7-15(8-11-16)23-18-13-20(27)24-25-22(18)21-17-6-4-3-5-14(17)9-12-19(21)28-23/h3-12,18,23H,13H2,1-2H3,(H,24,27). The minimum absolute atomic E-state index is 0.0732. The fourth-order valence-electron chi connectivity index (χ4n) is 4.13. The molecule has 1 N–H and O–H groups in total. The molecule has 5 rings (SSSR count). The summed E-state index contributed by atoms with van der Waals surface area (Å²) in [6, 6.07) is 20.6. The van der Waals surface area contributed by atoms with E-state index in [9.17, 15) is 4.79 Å². The van der Waals surface area contributed by atoms with E-state index >= 15 is 0 Å². The average Bonchev–Trinajstić information content (AvgIpc) is 2.72. The number of anilines is 1. The van der Waals surface area contributed by atoms with Crippen LogP contribution in [0.25, 0.3) is 10.8 Å². The van der Waals surface area contributed by atoms with E-state index in [0.717, 1.165) is 39.0 Å². The van der Waals surface area contributed by atoms with Gasteiger partial charge in [0.1, 0.15) is 11.9 Å². The van der Waals surface area contributed by atoms with Crippen LogP contribution in [0.1, 0.15) is 23.7 Å². The number of hydrogen-bond donors (Lipinski definition) is 1. The Kier molecular flexibility index (Phi) is 3.83. The van der Waals surface area contributed by atoms with Gasteiger partial charge in [0.2, 0.25) is 5.91 Å². The highest BCUT2D eigenvalue weighted by atomic mass is 16.5. The van der Waals surface area contributed by atoms with Crippen LogP contribution < -0.4 is 15.1 Å². The second-order valence-corrected chi connectivity index (χ2v) is 7.53. The summed E-state index contributed by atoms with van der Waals surface area (Å²) in [5.74, 6) is 0.625. The number of hydrogen-bond acceptors (Lipinski definition) is 4. The van der Waals surface area contributed by atoms with Crippen LogP contribution in [-0.4, -0.2) is 25.7 Å². The van der Waals surface area contributed by atoms with Gasteiger partial charge < -0.3 is 9.64 Å². The number of ether oxygens (including phenoxy) is 1. The van der Waals surface area contributed by atoms with Crippen LogP contribution in [0, 0.1) is 5.92 Å². The van der Waals surface area contributed by atoms with Gasteiger partial charge in [-0.1, -0.05) is 42.5 Å². The number of nitrogens with one attached hydrogen (secondary N) is 1. The zero-order chi connectivity index (χ0) is 19.3. The Morgan fingerprint density at radius 1 is 1.04 bits per heavy atom. The molecule has 28 heavy (non-hydrogen) atoms. The van der Waals surface area contributed by atoms with Crippen molar-refractivity contribution < 1.29 is 9.53 Å². The van der Waals surface area contributed by atoms with Crippen LogP contribution in [-0.2, 0) is 4.79 Å². The first-order valence-corrected chi connectivity index (χ1v) is 9.44. The molecule has 0 aliphatic carbocycles. The van der Waals surface area contributed by atoms with Crippen LogP contribution in [0.2, 0.25) is 0 Å². The highest BCUT2D eigenvalue weighted by Gasteiger charge is 2.40. The summed E-state index contributed by atoms with van der Waals surface area (Å²) in [5.41, 5.74) is 6.74. The number of benzene rings is 3. The van der Waals surface area contributed by atoms with Crippen LogP contribution in [0.3, 0.4) is 0 Å². The molecule has 3 aromatic rings. The maximum absolute atomic E-state index is 12.1. The highest BCUT2D eigenvalue weighted by molar-refractivity contribution is 6.16. The van der Waals surface area contributed by atoms with Crippen LogP contribution in [0.4, 0.5) is 5.69 Å². The van der Waals surface area contributed by atoms with Crippen molar-refractivity contribution in [2.75, 3.05) is 19.0 Å². The summed E-state index contributed by atoms with van der Waals surface area (Å²) in [5, 5.41) is 6.71. The number of nitrogens with zero attached hydrogens (tertiary/aromatic N) is 2. The van der Waals surface area contributed by atoms with Crippen molar-refractivity contribution in [1.82, 2.24) is 5.43 Å². The maximum atomic E-state index is 12.1. The summed E-state index contributed by atoms with van der Waals surface area (Å²) in [4.78, 5) is 14.2. The van der Waals surface area contributed by atoms with Gasteiger partial charge in [-0.15, -0.1) is 0 Å². The highest BCUT2D eigenvalue weighted by Crippen LogP contribution is 2.44. The number of fused-ring (bicyclic) bond motifs is 5. The van der Waals surface area contributed by atoms with E-state index < -0.39 is 0 Å². The molecule has 2 unspecified atom stereocenters. The molecule has 0 spiro atoms. The Labute approximate surface area is 163 Å². The van der Waals surface area contributed by atoms with Gasteiger partial charge in [0.15, 0.2) is 0 Å². The van der Waals surface area contributed by atoms with E-state index in [1.54, 1.807) is 0 Å². The number of rotatable bonds is 2. The lowest BCUT2D eigenvalue weighted by Crippen LogP contribution is -2.41. The van der Waals surface area contributed by atoms with E-state index in [2.05, 4.69) is 57.9 Å². The van der Waals surface area contributed by atoms with E-state index in [1.807, 2.05) is 32.3 Å². The molecule has 0 saturated heterocycles. The topological polar surface area (TPSA) is 53.9 Å². The molecule has 5 heteroatoms. The third-order valence-corrected chi connectivity index (χ3v) is 5.56. The predicted molar refractivity (Wildman–Crippen MR) is 111 cm³/mol. The Morgan fingerprint density at radius 3 is 2.61 bits per heavy atom. The van der Waals surface area contributed by atoms with Gasteiger partial charge in [0, 0.05) is 31.8 Å². The van der Waals surface area contributed by atoms with Crippen molar-refractivity contribution in [2.45, 2.75) is 12.5 Å². The largest absolute Gasteiger partial charge is 0.484 e. The zero-order valence-corrected chi connectivity index (χ0v) is 15.8. The molecule has 0 radical (unpaired) electrons. The molecule has 0 fully saturated rings. The lowest BCUT2D eigenvalue weighted by molar-refractivity contribution is -0.122. The van der Waals surface area contributed by atoms with Crippen molar-refractivity contribution >= 4 is 28.1 Å². The van der Waals surface area contributed by atoms with Crippen LogP contribution in [0.5, 0.6) is 5.75 Å². The van der Waals surface area contributed by atoms with Gasteiger partial charge in [0.05, 0.1) is 11.6 Å². The van der Waals surface area contributed by atoms with Gasteiger partial charge in [-0.05, 0) is 34.5 Å². The zero-order valence-electron chi connectivity index (χ0n) is 15.8. The van der Waals surface area contributed by atoms with Crippen molar-refractivity contribution in [3.63, 3.8) is 0 Å². The SMILES string of the molecule is CN(C)c1ccc(C2Oc3ccc4ccccc4c3C3=NNC(=O)CC32)cc1. The Balaban J connectivity index is 1.66. The van der Waals surface area contributed by atoms with Gasteiger partial charge >= 0.3 is 0 Å². The molecular weight excluding hydrogens is 350 g/mol. The van der Waals surface area contributed by atoms with Gasteiger partial charge in [-0.2, -0.15) is 5.10 Å². The van der Waals surface area contributed by atoms with E-state index in [4.69, 9.17) is 4.74 Å². The monoisotopic (exact) mass is 371 g/mol. The van der Waals surface area contributed by atoms with Gasteiger partial charge in [-0.25, -0.2) is 5.43 Å². The van der Waals surface area contributed by atoms with Crippen LogP contribution in [0.15, 0.2) is 65.8 Å². The summed E-state index contributed by atoms with van der Waals surface area (Å²) in [6.07, 6.45) is 0.122. The molecule has 5 nitrogen and oxygen atoms in total. The van der Waals surface area contributed by atoms with E-state index in [0.29, 0.717) is 6.42 Å². The third-order valence-electron chi connectivity index (χ3n) is 5.56. The molecule has 0 bridgehead atoms. The summed E-state index contributed by atoms with van der Waals surface area (Å²) < 4.78 is 6.47.